The molecule has 0 unspecified atom stereocenters. The van der Waals surface area contributed by atoms with Gasteiger partial charge in [-0.25, -0.2) is 5.84 Å². The molecule has 0 spiro atoms. The highest BCUT2D eigenvalue weighted by atomic mass is 16.7. The number of amides is 4. The van der Waals surface area contributed by atoms with Gasteiger partial charge in [0, 0.05) is 50.2 Å². The number of rotatable bonds is 20. The van der Waals surface area contributed by atoms with Gasteiger partial charge in [0.05, 0.1) is 47.8 Å². The standard InChI is InChI=1S/C38H59N7O7.2C2H6/c1-11-26-22-44(32(48)17-19-43-30(46)21-37(5,6)51-20-18-36(3,4)35(49)42-10)29-16-14-13-15-28(29)34(33(39)27(26)12-2)45(40)24-38(7,8)52-25-50-23-31(47)41-9;2*1-2/h11-16H,1-2,17-25,39-40H2,3-10H3,(H,41,47)(H,42,49)(H,43,46);2*1-2H3/b27-26-,34-33-;;. The van der Waals surface area contributed by atoms with Gasteiger partial charge in [-0.05, 0) is 45.8 Å². The number of hydrazine groups is 1. The van der Waals surface area contributed by atoms with Gasteiger partial charge in [0.25, 0.3) is 0 Å². The van der Waals surface area contributed by atoms with E-state index in [9.17, 15) is 19.2 Å². The van der Waals surface area contributed by atoms with Crippen LogP contribution >= 0.6 is 0 Å². The zero-order chi connectivity index (χ0) is 43.3. The number of nitrogens with two attached hydrogens (primary N) is 2. The molecule has 1 aromatic rings. The number of para-hydroxylation sites is 1. The Morgan fingerprint density at radius 1 is 0.911 bits per heavy atom. The van der Waals surface area contributed by atoms with E-state index in [-0.39, 0.29) is 69.5 Å². The number of nitrogens with one attached hydrogen (secondary N) is 3. The lowest BCUT2D eigenvalue weighted by Gasteiger charge is -2.36. The highest BCUT2D eigenvalue weighted by Crippen LogP contribution is 2.36. The molecule has 1 heterocycles. The van der Waals surface area contributed by atoms with Crippen molar-refractivity contribution in [3.05, 3.63) is 72.0 Å². The monoisotopic (exact) mass is 786 g/mol. The number of fused-ring (bicyclic) bond motifs is 1. The van der Waals surface area contributed by atoms with Gasteiger partial charge >= 0.3 is 0 Å². The number of hydrogen-bond donors (Lipinski definition) is 5. The molecule has 1 aliphatic rings. The van der Waals surface area contributed by atoms with Crippen molar-refractivity contribution in [3.63, 3.8) is 0 Å². The third kappa shape index (κ3) is 16.3. The lowest BCUT2D eigenvalue weighted by Crippen LogP contribution is -2.45. The number of carbonyl (C=O) groups is 4. The van der Waals surface area contributed by atoms with Crippen LogP contribution in [0.15, 0.2) is 66.4 Å². The van der Waals surface area contributed by atoms with Gasteiger partial charge in [0.15, 0.2) is 0 Å². The van der Waals surface area contributed by atoms with Crippen LogP contribution in [0.5, 0.6) is 0 Å². The molecule has 1 aliphatic heterocycles. The number of hydrogen-bond acceptors (Lipinski definition) is 10. The van der Waals surface area contributed by atoms with Crippen LogP contribution in [0.25, 0.3) is 5.70 Å². The van der Waals surface area contributed by atoms with E-state index in [2.05, 4.69) is 29.1 Å². The summed E-state index contributed by atoms with van der Waals surface area (Å²) in [6.45, 7) is 27.3. The molecule has 0 aliphatic carbocycles. The minimum absolute atomic E-state index is 0.00726. The first-order valence-electron chi connectivity index (χ1n) is 19.3. The van der Waals surface area contributed by atoms with Crippen molar-refractivity contribution >= 4 is 35.0 Å². The van der Waals surface area contributed by atoms with Gasteiger partial charge in [-0.2, -0.15) is 0 Å². The van der Waals surface area contributed by atoms with E-state index in [0.717, 1.165) is 0 Å². The van der Waals surface area contributed by atoms with Gasteiger partial charge < -0.3 is 45.8 Å². The van der Waals surface area contributed by atoms with E-state index >= 15 is 0 Å². The third-order valence-corrected chi connectivity index (χ3v) is 8.61. The second-order valence-electron chi connectivity index (χ2n) is 14.4. The molecule has 14 heteroatoms. The molecule has 4 amide bonds. The van der Waals surface area contributed by atoms with Crippen LogP contribution in [0.1, 0.15) is 94.1 Å². The van der Waals surface area contributed by atoms with Crippen LogP contribution in [0.4, 0.5) is 5.69 Å². The maximum absolute atomic E-state index is 13.9. The first-order chi connectivity index (χ1) is 26.3. The van der Waals surface area contributed by atoms with Crippen molar-refractivity contribution in [2.45, 2.75) is 99.7 Å². The molecule has 0 fully saturated rings. The van der Waals surface area contributed by atoms with Gasteiger partial charge in [-0.3, -0.25) is 19.2 Å². The zero-order valence-corrected chi connectivity index (χ0v) is 36.1. The summed E-state index contributed by atoms with van der Waals surface area (Å²) in [7, 11) is 3.12. The summed E-state index contributed by atoms with van der Waals surface area (Å²) in [5, 5.41) is 9.45. The molecule has 0 aromatic heterocycles. The normalized spacial score (nSPS) is 15.6. The Morgan fingerprint density at radius 2 is 1.54 bits per heavy atom. The van der Waals surface area contributed by atoms with Gasteiger partial charge in [-0.1, -0.05) is 85.1 Å². The van der Waals surface area contributed by atoms with Crippen LogP contribution in [-0.2, 0) is 33.4 Å². The molecular formula is C42H71N7O7. The highest BCUT2D eigenvalue weighted by molar-refractivity contribution is 5.98. The average molecular weight is 786 g/mol. The number of anilines is 1. The summed E-state index contributed by atoms with van der Waals surface area (Å²) in [6.07, 6.45) is 3.80. The number of ether oxygens (including phenoxy) is 3. The van der Waals surface area contributed by atoms with Crippen molar-refractivity contribution in [3.8, 4) is 0 Å². The van der Waals surface area contributed by atoms with Crippen molar-refractivity contribution in [2.24, 2.45) is 17.0 Å². The molecular weight excluding hydrogens is 715 g/mol. The van der Waals surface area contributed by atoms with Gasteiger partial charge in [0.1, 0.15) is 13.4 Å². The Labute approximate surface area is 336 Å². The fraction of sp³-hybridized carbons (Fsp3) is 0.571. The number of carbonyl (C=O) groups excluding carboxylic acids is 4. The number of nitrogens with zero attached hydrogens (tertiary/aromatic N) is 2. The van der Waals surface area contributed by atoms with E-state index in [1.165, 1.54) is 12.1 Å². The fourth-order valence-corrected chi connectivity index (χ4v) is 5.56. The summed E-state index contributed by atoms with van der Waals surface area (Å²) in [5.41, 5.74) is 7.76. The van der Waals surface area contributed by atoms with E-state index in [1.807, 2.05) is 93.5 Å². The van der Waals surface area contributed by atoms with Crippen LogP contribution in [0, 0.1) is 5.41 Å². The molecule has 2 rings (SSSR count). The predicted molar refractivity (Wildman–Crippen MR) is 226 cm³/mol. The molecule has 0 atom stereocenters. The minimum Gasteiger partial charge on any atom is -0.396 e. The number of allylic oxidation sites excluding steroid dienone is 1. The van der Waals surface area contributed by atoms with E-state index in [1.54, 1.807) is 24.1 Å². The fourth-order valence-electron chi connectivity index (χ4n) is 5.56. The zero-order valence-electron chi connectivity index (χ0n) is 36.1. The molecule has 14 nitrogen and oxygen atoms in total. The molecule has 7 N–H and O–H groups in total. The van der Waals surface area contributed by atoms with E-state index < -0.39 is 16.6 Å². The van der Waals surface area contributed by atoms with Crippen molar-refractivity contribution in [2.75, 3.05) is 58.6 Å². The summed E-state index contributed by atoms with van der Waals surface area (Å²) in [5.74, 6) is 5.87. The average Bonchev–Trinajstić information content (AvgIpc) is 3.15. The summed E-state index contributed by atoms with van der Waals surface area (Å²) in [4.78, 5) is 52.1. The summed E-state index contributed by atoms with van der Waals surface area (Å²) in [6, 6.07) is 7.29. The summed E-state index contributed by atoms with van der Waals surface area (Å²) < 4.78 is 17.2. The third-order valence-electron chi connectivity index (χ3n) is 8.61. The maximum Gasteiger partial charge on any atom is 0.245 e. The molecule has 56 heavy (non-hydrogen) atoms. The first kappa shape index (κ1) is 51.5. The Bertz CT molecular complexity index is 1530. The molecule has 0 bridgehead atoms. The largest absolute Gasteiger partial charge is 0.396 e. The minimum atomic E-state index is -0.850. The maximum atomic E-state index is 13.9. The molecule has 0 radical (unpaired) electrons. The van der Waals surface area contributed by atoms with Crippen LogP contribution in [0.3, 0.4) is 0 Å². The molecule has 1 aromatic carbocycles. The van der Waals surface area contributed by atoms with Crippen molar-refractivity contribution in [1.29, 1.82) is 0 Å². The second-order valence-corrected chi connectivity index (χ2v) is 14.4. The Kier molecular flexibility index (Phi) is 22.9. The summed E-state index contributed by atoms with van der Waals surface area (Å²) >= 11 is 0. The Balaban J connectivity index is 0.00000731. The van der Waals surface area contributed by atoms with Crippen LogP contribution in [0.2, 0.25) is 0 Å². The van der Waals surface area contributed by atoms with E-state index in [0.29, 0.717) is 46.8 Å². The van der Waals surface area contributed by atoms with Gasteiger partial charge in [0.2, 0.25) is 23.6 Å². The van der Waals surface area contributed by atoms with Crippen LogP contribution in [-0.4, -0.2) is 93.6 Å². The predicted octanol–water partition coefficient (Wildman–Crippen LogP) is 4.93. The lowest BCUT2D eigenvalue weighted by molar-refractivity contribution is -0.148. The molecule has 316 valence electrons. The highest BCUT2D eigenvalue weighted by Gasteiger charge is 2.32. The van der Waals surface area contributed by atoms with Crippen molar-refractivity contribution < 1.29 is 33.4 Å². The topological polar surface area (TPSA) is 191 Å². The Morgan fingerprint density at radius 3 is 2.11 bits per heavy atom. The Hall–Kier alpha value is -4.50. The molecule has 0 saturated heterocycles. The lowest BCUT2D eigenvalue weighted by atomic mass is 9.88. The quantitative estimate of drug-likeness (QED) is 0.0525. The SMILES string of the molecule is C=C/C1=C(C=C)/C(N)=C(/N(N)CC(C)(C)OCOCC(=O)NC)c2ccccc2N(C(=O)CCNC(=O)CC(C)(C)OCCC(C)(C)C(=O)NC)C1.CC.CC. The van der Waals surface area contributed by atoms with Crippen LogP contribution < -0.4 is 32.4 Å². The van der Waals surface area contributed by atoms with Gasteiger partial charge in [-0.15, -0.1) is 0 Å². The van der Waals surface area contributed by atoms with E-state index in [4.69, 9.17) is 25.8 Å². The molecule has 0 saturated carbocycles. The first-order valence-corrected chi connectivity index (χ1v) is 19.3. The van der Waals surface area contributed by atoms with Crippen molar-refractivity contribution in [1.82, 2.24) is 21.0 Å². The number of likely N-dealkylation sites (N-methyl/N-ethyl adjacent to an activating group) is 1. The number of benzene rings is 1. The second kappa shape index (κ2) is 24.9. The smallest absolute Gasteiger partial charge is 0.245 e.